The number of rotatable bonds is 3. The summed E-state index contributed by atoms with van der Waals surface area (Å²) in [7, 11) is 0. The second kappa shape index (κ2) is 7.30. The molecule has 1 fully saturated rings. The van der Waals surface area contributed by atoms with Gasteiger partial charge < -0.3 is 16.0 Å². The minimum Gasteiger partial charge on any atom is -0.361 e. The molecule has 2 unspecified atom stereocenters. The molecule has 34 heavy (non-hydrogen) atoms. The molecular weight excluding hydrogens is 420 g/mol. The van der Waals surface area contributed by atoms with Crippen molar-refractivity contribution in [1.29, 1.82) is 0 Å². The first kappa shape index (κ1) is 19.6. The van der Waals surface area contributed by atoms with Crippen LogP contribution in [0.1, 0.15) is 36.6 Å². The van der Waals surface area contributed by atoms with E-state index in [9.17, 15) is 0 Å². The Bertz CT molecular complexity index is 1420. The summed E-state index contributed by atoms with van der Waals surface area (Å²) in [6.45, 7) is 0. The van der Waals surface area contributed by atoms with Gasteiger partial charge >= 0.3 is 0 Å². The monoisotopic (exact) mass is 446 g/mol. The molecule has 2 atom stereocenters. The van der Waals surface area contributed by atoms with Crippen LogP contribution in [0, 0.1) is 0 Å². The van der Waals surface area contributed by atoms with Gasteiger partial charge in [-0.25, -0.2) is 9.97 Å². The highest BCUT2D eigenvalue weighted by Crippen LogP contribution is 2.44. The first-order valence-corrected chi connectivity index (χ1v) is 11.9. The molecule has 4 aromatic rings. The first-order chi connectivity index (χ1) is 16.7. The standard InChI is InChI=1S/C28H26N6/c29-28(14-5-15-28)19-12-10-18(11-13-19)25-24(22-8-3-16-30-22)33-27-20-6-1-2-7-21(20)32-26-23(34(25)27)9-4-17-31-26/h1-4,6-13,16-17,20-21,30H,5,14-15,29H2,(H,31,32). The molecule has 0 saturated heterocycles. The Morgan fingerprint density at radius 2 is 1.85 bits per heavy atom. The lowest BCUT2D eigenvalue weighted by atomic mass is 9.72. The van der Waals surface area contributed by atoms with Gasteiger partial charge in [0.05, 0.1) is 29.0 Å². The molecule has 0 radical (unpaired) electrons. The molecular formula is C28H26N6. The summed E-state index contributed by atoms with van der Waals surface area (Å²) < 4.78 is 2.29. The van der Waals surface area contributed by atoms with Crippen molar-refractivity contribution >= 4 is 5.82 Å². The Balaban J connectivity index is 1.49. The summed E-state index contributed by atoms with van der Waals surface area (Å²) >= 11 is 0. The van der Waals surface area contributed by atoms with Crippen molar-refractivity contribution < 1.29 is 0 Å². The molecule has 2 aliphatic carbocycles. The summed E-state index contributed by atoms with van der Waals surface area (Å²) in [5.41, 5.74) is 12.8. The van der Waals surface area contributed by atoms with Crippen molar-refractivity contribution in [2.45, 2.75) is 36.8 Å². The maximum atomic E-state index is 6.61. The minimum atomic E-state index is -0.179. The van der Waals surface area contributed by atoms with Gasteiger partial charge in [-0.2, -0.15) is 0 Å². The van der Waals surface area contributed by atoms with Gasteiger partial charge in [0.25, 0.3) is 0 Å². The summed E-state index contributed by atoms with van der Waals surface area (Å²) in [4.78, 5) is 13.3. The number of anilines is 1. The molecule has 0 amide bonds. The molecule has 3 aromatic heterocycles. The van der Waals surface area contributed by atoms with Crippen LogP contribution in [-0.2, 0) is 5.54 Å². The van der Waals surface area contributed by atoms with Crippen LogP contribution >= 0.6 is 0 Å². The molecule has 3 aliphatic rings. The van der Waals surface area contributed by atoms with Gasteiger partial charge in [0, 0.05) is 23.5 Å². The van der Waals surface area contributed by atoms with E-state index in [-0.39, 0.29) is 17.5 Å². The van der Waals surface area contributed by atoms with E-state index in [1.807, 2.05) is 24.5 Å². The third-order valence-corrected chi connectivity index (χ3v) is 7.50. The van der Waals surface area contributed by atoms with Gasteiger partial charge in [-0.05, 0) is 49.1 Å². The van der Waals surface area contributed by atoms with E-state index in [0.717, 1.165) is 52.8 Å². The zero-order chi connectivity index (χ0) is 22.7. The van der Waals surface area contributed by atoms with Crippen molar-refractivity contribution in [2.24, 2.45) is 5.73 Å². The topological polar surface area (TPSA) is 84.6 Å². The maximum absolute atomic E-state index is 6.61. The normalized spacial score (nSPS) is 21.6. The van der Waals surface area contributed by atoms with Crippen molar-refractivity contribution in [2.75, 3.05) is 5.32 Å². The van der Waals surface area contributed by atoms with Gasteiger partial charge in [-0.1, -0.05) is 48.6 Å². The van der Waals surface area contributed by atoms with Gasteiger partial charge in [-0.3, -0.25) is 4.57 Å². The number of aromatic nitrogens is 4. The SMILES string of the molecule is NC1(c2ccc(-c3c(-c4ccc[nH]4)nc4n3-c3cccnc3NC3C=CC=CC43)cc2)CCC1. The van der Waals surface area contributed by atoms with E-state index in [0.29, 0.717) is 0 Å². The van der Waals surface area contributed by atoms with E-state index >= 15 is 0 Å². The zero-order valence-electron chi connectivity index (χ0n) is 18.8. The van der Waals surface area contributed by atoms with Crippen molar-refractivity contribution in [3.05, 3.63) is 96.6 Å². The van der Waals surface area contributed by atoms with E-state index < -0.39 is 0 Å². The van der Waals surface area contributed by atoms with Gasteiger partial charge in [0.15, 0.2) is 5.82 Å². The van der Waals surface area contributed by atoms with Crippen LogP contribution in [0.25, 0.3) is 28.3 Å². The lowest BCUT2D eigenvalue weighted by Crippen LogP contribution is -2.43. The fourth-order valence-corrected chi connectivity index (χ4v) is 5.48. The van der Waals surface area contributed by atoms with Gasteiger partial charge in [0.2, 0.25) is 0 Å². The van der Waals surface area contributed by atoms with Crippen LogP contribution in [0.5, 0.6) is 0 Å². The number of nitrogens with zero attached hydrogens (tertiary/aromatic N) is 3. The van der Waals surface area contributed by atoms with Crippen LogP contribution in [0.3, 0.4) is 0 Å². The van der Waals surface area contributed by atoms with Crippen molar-refractivity contribution in [3.63, 3.8) is 0 Å². The predicted octanol–water partition coefficient (Wildman–Crippen LogP) is 5.27. The molecule has 1 aromatic carbocycles. The zero-order valence-corrected chi connectivity index (χ0v) is 18.8. The average molecular weight is 447 g/mol. The van der Waals surface area contributed by atoms with Crippen LogP contribution in [0.15, 0.2) is 85.2 Å². The largest absolute Gasteiger partial charge is 0.361 e. The number of hydrogen-bond donors (Lipinski definition) is 3. The number of aromatic amines is 1. The van der Waals surface area contributed by atoms with Crippen LogP contribution in [-0.4, -0.2) is 25.6 Å². The summed E-state index contributed by atoms with van der Waals surface area (Å²) in [6.07, 6.45) is 15.7. The van der Waals surface area contributed by atoms with E-state index in [4.69, 9.17) is 15.7 Å². The van der Waals surface area contributed by atoms with Crippen LogP contribution in [0.4, 0.5) is 5.82 Å². The molecule has 1 aliphatic heterocycles. The van der Waals surface area contributed by atoms with E-state index in [2.05, 4.69) is 75.6 Å². The summed E-state index contributed by atoms with van der Waals surface area (Å²) in [5.74, 6) is 1.95. The molecule has 0 bridgehead atoms. The number of fused-ring (bicyclic) bond motifs is 5. The molecule has 4 N–H and O–H groups in total. The lowest BCUT2D eigenvalue weighted by Gasteiger charge is -2.38. The Morgan fingerprint density at radius 1 is 1.00 bits per heavy atom. The quantitative estimate of drug-likeness (QED) is 0.400. The maximum Gasteiger partial charge on any atom is 0.150 e. The highest BCUT2D eigenvalue weighted by molar-refractivity contribution is 5.81. The van der Waals surface area contributed by atoms with E-state index in [1.54, 1.807) is 0 Å². The van der Waals surface area contributed by atoms with Crippen molar-refractivity contribution in [3.8, 4) is 28.3 Å². The average Bonchev–Trinajstić information content (AvgIpc) is 3.49. The Kier molecular flexibility index (Phi) is 4.20. The molecule has 7 rings (SSSR count). The minimum absolute atomic E-state index is 0.0863. The van der Waals surface area contributed by atoms with Crippen molar-refractivity contribution in [1.82, 2.24) is 19.5 Å². The molecule has 168 valence electrons. The highest BCUT2D eigenvalue weighted by Gasteiger charge is 2.36. The number of pyridine rings is 1. The predicted molar refractivity (Wildman–Crippen MR) is 135 cm³/mol. The fraction of sp³-hybridized carbons (Fsp3) is 0.214. The number of nitrogens with two attached hydrogens (primary N) is 1. The van der Waals surface area contributed by atoms with Gasteiger partial charge in [0.1, 0.15) is 11.5 Å². The number of nitrogens with one attached hydrogen (secondary N) is 2. The van der Waals surface area contributed by atoms with Crippen LogP contribution in [0.2, 0.25) is 0 Å². The lowest BCUT2D eigenvalue weighted by molar-refractivity contribution is 0.253. The second-order valence-electron chi connectivity index (χ2n) is 9.51. The third kappa shape index (κ3) is 2.85. The fourth-order valence-electron chi connectivity index (χ4n) is 5.48. The highest BCUT2D eigenvalue weighted by atomic mass is 15.2. The second-order valence-corrected chi connectivity index (χ2v) is 9.51. The summed E-state index contributed by atoms with van der Waals surface area (Å²) in [6, 6.07) is 17.1. The van der Waals surface area contributed by atoms with Gasteiger partial charge in [-0.15, -0.1) is 0 Å². The van der Waals surface area contributed by atoms with Crippen LogP contribution < -0.4 is 11.1 Å². The number of imidazole rings is 1. The number of hydrogen-bond acceptors (Lipinski definition) is 4. The Morgan fingerprint density at radius 3 is 2.62 bits per heavy atom. The van der Waals surface area contributed by atoms with E-state index in [1.165, 1.54) is 12.0 Å². The number of H-pyrrole nitrogens is 1. The molecule has 0 spiro atoms. The first-order valence-electron chi connectivity index (χ1n) is 11.9. The Hall–Kier alpha value is -3.90. The smallest absolute Gasteiger partial charge is 0.150 e. The number of allylic oxidation sites excluding steroid dienone is 2. The summed E-state index contributed by atoms with van der Waals surface area (Å²) in [5, 5.41) is 3.64. The molecule has 6 nitrogen and oxygen atoms in total. The molecule has 1 saturated carbocycles. The Labute approximate surface area is 198 Å². The molecule has 6 heteroatoms. The molecule has 4 heterocycles. The third-order valence-electron chi connectivity index (χ3n) is 7.50. The number of benzene rings is 1.